The molecule has 42 heavy (non-hydrogen) atoms. The molecule has 3 nitrogen and oxygen atoms in total. The molecular formula is C31H52F6O3Si2. The van der Waals surface area contributed by atoms with Crippen LogP contribution < -0.4 is 0 Å². The molecule has 0 aromatic carbocycles. The zero-order valence-electron chi connectivity index (χ0n) is 27.1. The van der Waals surface area contributed by atoms with Gasteiger partial charge in [0.15, 0.2) is 8.32 Å². The van der Waals surface area contributed by atoms with Gasteiger partial charge in [0.2, 0.25) is 9.76 Å². The van der Waals surface area contributed by atoms with Crippen LogP contribution in [0.25, 0.3) is 0 Å². The van der Waals surface area contributed by atoms with Crippen LogP contribution in [-0.2, 0) is 8.85 Å². The molecule has 0 bridgehead atoms. The molecular weight excluding hydrogens is 590 g/mol. The van der Waals surface area contributed by atoms with Crippen molar-refractivity contribution < 1.29 is 40.3 Å². The van der Waals surface area contributed by atoms with Crippen LogP contribution >= 0.6 is 0 Å². The summed E-state index contributed by atoms with van der Waals surface area (Å²) in [6.07, 6.45) is -5.44. The second-order valence-corrected chi connectivity index (χ2v) is 20.7. The molecule has 2 radical (unpaired) electrons. The standard InChI is InChI=1S/C31H52F6O3Si2/c1-25(2,3)42(9,10)39-23-14-11-20-28(7)22(23)15-16-24(28)27(6,18-12-17-26(4,5)40-41-8)19-13-21-29(38,30(32,33)34)31(35,36)37/h22-24,38H,11-12,14-20H2,1-10H3/t22?,23-,24?,27+,28-/m0/s1. The van der Waals surface area contributed by atoms with E-state index in [1.54, 1.807) is 0 Å². The van der Waals surface area contributed by atoms with E-state index in [9.17, 15) is 31.4 Å². The predicted molar refractivity (Wildman–Crippen MR) is 158 cm³/mol. The molecule has 0 amide bonds. The maximum Gasteiger partial charge on any atom is 0.438 e. The minimum Gasteiger partial charge on any atom is -0.414 e. The van der Waals surface area contributed by atoms with Crippen molar-refractivity contribution in [1.29, 1.82) is 0 Å². The van der Waals surface area contributed by atoms with Crippen LogP contribution in [0, 0.1) is 34.5 Å². The molecule has 0 heterocycles. The summed E-state index contributed by atoms with van der Waals surface area (Å²) in [4.78, 5) is 0. The Labute approximate surface area is 253 Å². The average Bonchev–Trinajstić information content (AvgIpc) is 3.15. The first-order valence-electron chi connectivity index (χ1n) is 15.1. The van der Waals surface area contributed by atoms with E-state index in [2.05, 4.69) is 46.7 Å². The zero-order chi connectivity index (χ0) is 32.6. The van der Waals surface area contributed by atoms with E-state index in [-0.39, 0.29) is 40.4 Å². The first-order chi connectivity index (χ1) is 18.8. The van der Waals surface area contributed by atoms with Crippen molar-refractivity contribution in [2.45, 2.75) is 161 Å². The van der Waals surface area contributed by atoms with Gasteiger partial charge < -0.3 is 14.0 Å². The van der Waals surface area contributed by atoms with Crippen molar-refractivity contribution in [3.8, 4) is 11.8 Å². The van der Waals surface area contributed by atoms with Gasteiger partial charge in [-0.2, -0.15) is 26.3 Å². The van der Waals surface area contributed by atoms with E-state index in [1.807, 2.05) is 27.3 Å². The van der Waals surface area contributed by atoms with Crippen LogP contribution in [0.3, 0.4) is 0 Å². The Bertz CT molecular complexity index is 964. The number of aliphatic hydroxyl groups is 1. The zero-order valence-corrected chi connectivity index (χ0v) is 29.1. The summed E-state index contributed by atoms with van der Waals surface area (Å²) in [7, 11) is -1.75. The van der Waals surface area contributed by atoms with Gasteiger partial charge in [0.05, 0.1) is 5.60 Å². The van der Waals surface area contributed by atoms with Crippen molar-refractivity contribution in [3.05, 3.63) is 0 Å². The molecule has 2 aliphatic rings. The van der Waals surface area contributed by atoms with Gasteiger partial charge in [-0.25, -0.2) is 0 Å². The summed E-state index contributed by atoms with van der Waals surface area (Å²) in [5.41, 5.74) is -6.28. The smallest absolute Gasteiger partial charge is 0.414 e. The van der Waals surface area contributed by atoms with E-state index in [4.69, 9.17) is 8.85 Å². The van der Waals surface area contributed by atoms with Gasteiger partial charge >= 0.3 is 18.0 Å². The highest BCUT2D eigenvalue weighted by atomic mass is 28.4. The molecule has 1 N–H and O–H groups in total. The highest BCUT2D eigenvalue weighted by molar-refractivity contribution is 6.74. The Morgan fingerprint density at radius 3 is 2.00 bits per heavy atom. The van der Waals surface area contributed by atoms with Crippen LogP contribution in [0.15, 0.2) is 0 Å². The summed E-state index contributed by atoms with van der Waals surface area (Å²) in [6.45, 7) is 21.3. The Hall–Kier alpha value is -0.546. The highest BCUT2D eigenvalue weighted by Gasteiger charge is 2.70. The van der Waals surface area contributed by atoms with E-state index in [0.717, 1.165) is 32.1 Å². The summed E-state index contributed by atoms with van der Waals surface area (Å²) < 4.78 is 93.1. The molecule has 0 spiro atoms. The topological polar surface area (TPSA) is 38.7 Å². The summed E-state index contributed by atoms with van der Waals surface area (Å²) in [6, 6.07) is 0. The van der Waals surface area contributed by atoms with Crippen molar-refractivity contribution in [2.75, 3.05) is 0 Å². The van der Waals surface area contributed by atoms with Crippen LogP contribution in [0.4, 0.5) is 26.3 Å². The molecule has 0 aromatic rings. The molecule has 11 heteroatoms. The summed E-state index contributed by atoms with van der Waals surface area (Å²) in [5, 5.41) is 9.73. The Balaban J connectivity index is 2.46. The molecule has 2 unspecified atom stereocenters. The molecule has 0 aliphatic heterocycles. The summed E-state index contributed by atoms with van der Waals surface area (Å²) in [5.74, 6) is 3.76. The van der Waals surface area contributed by atoms with E-state index in [1.165, 1.54) is 5.92 Å². The number of rotatable bonds is 10. The molecule has 0 aromatic heterocycles. The fourth-order valence-corrected chi connectivity index (χ4v) is 9.32. The van der Waals surface area contributed by atoms with Gasteiger partial charge in [0, 0.05) is 12.5 Å². The lowest BCUT2D eigenvalue weighted by molar-refractivity contribution is -0.343. The van der Waals surface area contributed by atoms with Crippen LogP contribution in [0.2, 0.25) is 24.7 Å². The minimum atomic E-state index is -5.96. The summed E-state index contributed by atoms with van der Waals surface area (Å²) >= 11 is 0. The first kappa shape index (κ1) is 37.6. The lowest BCUT2D eigenvalue weighted by atomic mass is 9.56. The third-order valence-electron chi connectivity index (χ3n) is 10.6. The Morgan fingerprint density at radius 1 is 0.929 bits per heavy atom. The fourth-order valence-electron chi connectivity index (χ4n) is 7.27. The average molecular weight is 643 g/mol. The normalized spacial score (nSPS) is 27.7. The third-order valence-corrected chi connectivity index (χ3v) is 15.9. The van der Waals surface area contributed by atoms with Crippen molar-refractivity contribution in [2.24, 2.45) is 22.7 Å². The lowest BCUT2D eigenvalue weighted by Gasteiger charge is -2.52. The number of hydrogen-bond donors (Lipinski definition) is 1. The predicted octanol–water partition coefficient (Wildman–Crippen LogP) is 9.48. The van der Waals surface area contributed by atoms with Gasteiger partial charge in [-0.1, -0.05) is 53.4 Å². The monoisotopic (exact) mass is 642 g/mol. The number of hydrogen-bond acceptors (Lipinski definition) is 3. The number of fused-ring (bicyclic) bond motifs is 1. The van der Waals surface area contributed by atoms with E-state index < -0.39 is 31.7 Å². The fraction of sp³-hybridized carbons (Fsp3) is 0.935. The van der Waals surface area contributed by atoms with Gasteiger partial charge in [-0.3, -0.25) is 0 Å². The SMILES string of the molecule is C[Si]OC(C)(C)CCC[C@](C)(CC#CC(O)(C(F)(F)F)C(F)(F)F)C1CCC2[C@@H](O[Si](C)(C)C(C)(C)C)CCC[C@@]21C. The highest BCUT2D eigenvalue weighted by Crippen LogP contribution is 2.63. The van der Waals surface area contributed by atoms with E-state index in [0.29, 0.717) is 29.0 Å². The van der Waals surface area contributed by atoms with Crippen molar-refractivity contribution >= 4 is 18.1 Å². The van der Waals surface area contributed by atoms with Gasteiger partial charge in [0.25, 0.3) is 0 Å². The van der Waals surface area contributed by atoms with Crippen LogP contribution in [0.1, 0.15) is 106 Å². The number of halogens is 6. The quantitative estimate of drug-likeness (QED) is 0.147. The van der Waals surface area contributed by atoms with Crippen molar-refractivity contribution in [3.63, 3.8) is 0 Å². The van der Waals surface area contributed by atoms with Gasteiger partial charge in [-0.15, -0.1) is 0 Å². The maximum absolute atomic E-state index is 13.4. The van der Waals surface area contributed by atoms with Crippen molar-refractivity contribution in [1.82, 2.24) is 0 Å². The van der Waals surface area contributed by atoms with Gasteiger partial charge in [-0.05, 0) is 106 Å². The molecule has 244 valence electrons. The molecule has 5 atom stereocenters. The lowest BCUT2D eigenvalue weighted by Crippen LogP contribution is -2.55. The largest absolute Gasteiger partial charge is 0.438 e. The van der Waals surface area contributed by atoms with Crippen LogP contribution in [0.5, 0.6) is 0 Å². The third kappa shape index (κ3) is 7.99. The Morgan fingerprint density at radius 2 is 1.50 bits per heavy atom. The molecule has 2 fully saturated rings. The Kier molecular flexibility index (Phi) is 11.4. The molecule has 2 rings (SSSR count). The molecule has 2 saturated carbocycles. The minimum absolute atomic E-state index is 0.0389. The first-order valence-corrected chi connectivity index (χ1v) is 19.5. The number of alkyl halides is 6. The molecule has 2 aliphatic carbocycles. The second-order valence-electron chi connectivity index (χ2n) is 15.3. The second kappa shape index (κ2) is 12.7. The van der Waals surface area contributed by atoms with Gasteiger partial charge in [0.1, 0.15) is 0 Å². The van der Waals surface area contributed by atoms with E-state index >= 15 is 0 Å². The maximum atomic E-state index is 13.4. The molecule has 0 saturated heterocycles. The van der Waals surface area contributed by atoms with Crippen LogP contribution in [-0.4, -0.2) is 52.8 Å².